The number of rotatable bonds is 2. The van der Waals surface area contributed by atoms with Gasteiger partial charge in [-0.1, -0.05) is 49.4 Å². The summed E-state index contributed by atoms with van der Waals surface area (Å²) in [6.45, 7) is 3.10. The van der Waals surface area contributed by atoms with E-state index in [0.29, 0.717) is 12.0 Å². The molecule has 0 aliphatic carbocycles. The van der Waals surface area contributed by atoms with Crippen LogP contribution < -0.4 is 5.32 Å². The number of aryl methyl sites for hydroxylation is 1. The normalized spacial score (nSPS) is 26.7. The van der Waals surface area contributed by atoms with Gasteiger partial charge >= 0.3 is 0 Å². The molecule has 2 aromatic rings. The van der Waals surface area contributed by atoms with Gasteiger partial charge < -0.3 is 10.1 Å². The van der Waals surface area contributed by atoms with Crippen molar-refractivity contribution >= 4 is 5.69 Å². The summed E-state index contributed by atoms with van der Waals surface area (Å²) in [5.41, 5.74) is 5.37. The molecule has 2 heteroatoms. The van der Waals surface area contributed by atoms with Crippen LogP contribution in [0, 0.1) is 5.92 Å². The fourth-order valence-corrected chi connectivity index (χ4v) is 3.93. The van der Waals surface area contributed by atoms with Crippen molar-refractivity contribution in [1.82, 2.24) is 0 Å². The Hall–Kier alpha value is -1.80. The van der Waals surface area contributed by atoms with Crippen molar-refractivity contribution in [1.29, 1.82) is 0 Å². The molecule has 0 radical (unpaired) electrons. The third-order valence-corrected chi connectivity index (χ3v) is 5.10. The molecule has 2 aliphatic rings. The van der Waals surface area contributed by atoms with Gasteiger partial charge in [0, 0.05) is 23.8 Å². The van der Waals surface area contributed by atoms with Gasteiger partial charge in [0.05, 0.1) is 12.1 Å². The monoisotopic (exact) mass is 293 g/mol. The van der Waals surface area contributed by atoms with Crippen molar-refractivity contribution in [2.45, 2.75) is 38.3 Å². The standard InChI is InChI=1S/C20H23NO/c1-2-14-10-11-18-17(13-14)20-16(9-6-12-22-20)19(21-18)15-7-4-3-5-8-15/h3-5,7-8,10-11,13,16,19-21H,2,6,9,12H2,1H3/t16-,19-,20+/m0/s1. The fourth-order valence-electron chi connectivity index (χ4n) is 3.93. The molecule has 0 bridgehead atoms. The van der Waals surface area contributed by atoms with E-state index in [-0.39, 0.29) is 6.10 Å². The Balaban J connectivity index is 1.77. The van der Waals surface area contributed by atoms with E-state index in [9.17, 15) is 0 Å². The highest BCUT2D eigenvalue weighted by molar-refractivity contribution is 5.58. The van der Waals surface area contributed by atoms with Gasteiger partial charge in [-0.25, -0.2) is 0 Å². The molecule has 0 saturated carbocycles. The fraction of sp³-hybridized carbons (Fsp3) is 0.400. The second-order valence-electron chi connectivity index (χ2n) is 6.41. The molecular formula is C20H23NO. The maximum atomic E-state index is 6.22. The van der Waals surface area contributed by atoms with Crippen LogP contribution in [0.5, 0.6) is 0 Å². The Morgan fingerprint density at radius 2 is 2.00 bits per heavy atom. The van der Waals surface area contributed by atoms with Crippen molar-refractivity contribution in [2.75, 3.05) is 11.9 Å². The van der Waals surface area contributed by atoms with E-state index in [4.69, 9.17) is 4.74 Å². The highest BCUT2D eigenvalue weighted by atomic mass is 16.5. The number of fused-ring (bicyclic) bond motifs is 3. The van der Waals surface area contributed by atoms with E-state index >= 15 is 0 Å². The van der Waals surface area contributed by atoms with E-state index in [1.54, 1.807) is 0 Å². The molecule has 4 rings (SSSR count). The Labute approximate surface area is 132 Å². The first-order valence-electron chi connectivity index (χ1n) is 8.42. The SMILES string of the molecule is CCc1ccc2c(c1)[C@@H]1OCCC[C@H]1[C@H](c1ccccc1)N2. The molecule has 2 nitrogen and oxygen atoms in total. The largest absolute Gasteiger partial charge is 0.378 e. The lowest BCUT2D eigenvalue weighted by Gasteiger charge is -2.43. The highest BCUT2D eigenvalue weighted by Crippen LogP contribution is 2.49. The van der Waals surface area contributed by atoms with Crippen LogP contribution in [-0.2, 0) is 11.2 Å². The lowest BCUT2D eigenvalue weighted by atomic mass is 9.77. The Morgan fingerprint density at radius 1 is 1.14 bits per heavy atom. The summed E-state index contributed by atoms with van der Waals surface area (Å²) in [5.74, 6) is 0.524. The smallest absolute Gasteiger partial charge is 0.0895 e. The minimum absolute atomic E-state index is 0.238. The van der Waals surface area contributed by atoms with Crippen LogP contribution in [0.25, 0.3) is 0 Å². The third-order valence-electron chi connectivity index (χ3n) is 5.10. The van der Waals surface area contributed by atoms with Crippen LogP contribution in [0.15, 0.2) is 48.5 Å². The first-order chi connectivity index (χ1) is 10.9. The number of benzene rings is 2. The number of hydrogen-bond donors (Lipinski definition) is 1. The van der Waals surface area contributed by atoms with Crippen LogP contribution in [0.3, 0.4) is 0 Å². The minimum Gasteiger partial charge on any atom is -0.378 e. The topological polar surface area (TPSA) is 21.3 Å². The molecule has 2 heterocycles. The molecule has 1 N–H and O–H groups in total. The van der Waals surface area contributed by atoms with Gasteiger partial charge in [0.1, 0.15) is 0 Å². The van der Waals surface area contributed by atoms with Crippen LogP contribution in [-0.4, -0.2) is 6.61 Å². The minimum atomic E-state index is 0.238. The van der Waals surface area contributed by atoms with Gasteiger partial charge in [-0.05, 0) is 36.5 Å². The van der Waals surface area contributed by atoms with Crippen molar-refractivity contribution in [3.63, 3.8) is 0 Å². The van der Waals surface area contributed by atoms with E-state index in [1.807, 2.05) is 0 Å². The van der Waals surface area contributed by atoms with E-state index in [2.05, 4.69) is 60.8 Å². The predicted molar refractivity (Wildman–Crippen MR) is 90.0 cm³/mol. The summed E-state index contributed by atoms with van der Waals surface area (Å²) < 4.78 is 6.22. The van der Waals surface area contributed by atoms with Gasteiger partial charge in [0.25, 0.3) is 0 Å². The molecule has 0 aromatic heterocycles. The first-order valence-corrected chi connectivity index (χ1v) is 8.42. The molecule has 22 heavy (non-hydrogen) atoms. The quantitative estimate of drug-likeness (QED) is 0.851. The van der Waals surface area contributed by atoms with E-state index in [1.165, 1.54) is 28.8 Å². The maximum Gasteiger partial charge on any atom is 0.0895 e. The second-order valence-corrected chi connectivity index (χ2v) is 6.41. The first kappa shape index (κ1) is 13.8. The molecule has 3 atom stereocenters. The summed E-state index contributed by atoms with van der Waals surface area (Å²) in [7, 11) is 0. The number of nitrogens with one attached hydrogen (secondary N) is 1. The summed E-state index contributed by atoms with van der Waals surface area (Å²) in [6, 6.07) is 18.0. The zero-order valence-electron chi connectivity index (χ0n) is 13.1. The predicted octanol–water partition coefficient (Wildman–Crippen LogP) is 4.88. The zero-order valence-corrected chi connectivity index (χ0v) is 13.1. The summed E-state index contributed by atoms with van der Waals surface area (Å²) in [5, 5.41) is 3.78. The van der Waals surface area contributed by atoms with Crippen molar-refractivity contribution in [3.8, 4) is 0 Å². The lowest BCUT2D eigenvalue weighted by molar-refractivity contribution is -0.0381. The molecule has 0 unspecified atom stereocenters. The van der Waals surface area contributed by atoms with E-state index in [0.717, 1.165) is 19.4 Å². The van der Waals surface area contributed by atoms with Crippen molar-refractivity contribution in [2.24, 2.45) is 5.92 Å². The highest BCUT2D eigenvalue weighted by Gasteiger charge is 2.39. The molecule has 1 fully saturated rings. The van der Waals surface area contributed by atoms with Gasteiger partial charge in [0.15, 0.2) is 0 Å². The zero-order chi connectivity index (χ0) is 14.9. The second kappa shape index (κ2) is 5.77. The average Bonchev–Trinajstić information content (AvgIpc) is 2.61. The molecule has 2 aliphatic heterocycles. The average molecular weight is 293 g/mol. The van der Waals surface area contributed by atoms with Crippen LogP contribution in [0.4, 0.5) is 5.69 Å². The maximum absolute atomic E-state index is 6.22. The van der Waals surface area contributed by atoms with Crippen LogP contribution >= 0.6 is 0 Å². The van der Waals surface area contributed by atoms with Gasteiger partial charge in [-0.2, -0.15) is 0 Å². The van der Waals surface area contributed by atoms with E-state index < -0.39 is 0 Å². The van der Waals surface area contributed by atoms with Gasteiger partial charge in [-0.15, -0.1) is 0 Å². The Morgan fingerprint density at radius 3 is 2.82 bits per heavy atom. The summed E-state index contributed by atoms with van der Waals surface area (Å²) in [6.07, 6.45) is 3.70. The number of anilines is 1. The van der Waals surface area contributed by atoms with Gasteiger partial charge in [-0.3, -0.25) is 0 Å². The molecule has 1 saturated heterocycles. The number of hydrogen-bond acceptors (Lipinski definition) is 2. The summed E-state index contributed by atoms with van der Waals surface area (Å²) in [4.78, 5) is 0. The van der Waals surface area contributed by atoms with Crippen LogP contribution in [0.2, 0.25) is 0 Å². The lowest BCUT2D eigenvalue weighted by Crippen LogP contribution is -2.36. The van der Waals surface area contributed by atoms with Gasteiger partial charge in [0.2, 0.25) is 0 Å². The number of ether oxygens (including phenoxy) is 1. The molecular weight excluding hydrogens is 270 g/mol. The third kappa shape index (κ3) is 2.32. The summed E-state index contributed by atoms with van der Waals surface area (Å²) >= 11 is 0. The molecule has 0 spiro atoms. The molecule has 0 amide bonds. The van der Waals surface area contributed by atoms with Crippen molar-refractivity contribution in [3.05, 3.63) is 65.2 Å². The Bertz CT molecular complexity index is 652. The van der Waals surface area contributed by atoms with Crippen molar-refractivity contribution < 1.29 is 4.74 Å². The molecule has 2 aromatic carbocycles. The molecule has 114 valence electrons. The van der Waals surface area contributed by atoms with Crippen LogP contribution in [0.1, 0.15) is 48.6 Å². The Kier molecular flexibility index (Phi) is 3.63.